The molecule has 0 radical (unpaired) electrons. The number of aryl methyl sites for hydroxylation is 1. The molecule has 2 saturated heterocycles. The third kappa shape index (κ3) is 4.22. The highest BCUT2D eigenvalue weighted by atomic mass is 35.5. The smallest absolute Gasteiger partial charge is 0.252 e. The number of amides is 1. The summed E-state index contributed by atoms with van der Waals surface area (Å²) in [5, 5.41) is 1.10. The van der Waals surface area contributed by atoms with Gasteiger partial charge < -0.3 is 4.90 Å². The third-order valence-electron chi connectivity index (χ3n) is 5.39. The second kappa shape index (κ2) is 7.78. The van der Waals surface area contributed by atoms with Crippen molar-refractivity contribution in [2.75, 3.05) is 16.4 Å². The van der Waals surface area contributed by atoms with E-state index in [-0.39, 0.29) is 35.1 Å². The molecular formula is C21H21ClN2O3S2. The number of sulfone groups is 1. The Hall–Kier alpha value is -1.83. The number of carbonyl (C=O) groups is 1. The Bertz CT molecular complexity index is 1100. The Labute approximate surface area is 180 Å². The molecule has 0 N–H and O–H groups in total. The van der Waals surface area contributed by atoms with E-state index in [1.54, 1.807) is 12.1 Å². The van der Waals surface area contributed by atoms with Crippen LogP contribution in [0.2, 0.25) is 5.02 Å². The molecule has 8 heteroatoms. The van der Waals surface area contributed by atoms with E-state index >= 15 is 0 Å². The van der Waals surface area contributed by atoms with E-state index in [1.165, 1.54) is 11.8 Å². The van der Waals surface area contributed by atoms with Crippen LogP contribution in [-0.4, -0.2) is 42.3 Å². The molecule has 0 bridgehead atoms. The van der Waals surface area contributed by atoms with Gasteiger partial charge in [0.2, 0.25) is 0 Å². The molecule has 2 aromatic rings. The van der Waals surface area contributed by atoms with E-state index in [0.29, 0.717) is 10.2 Å². The van der Waals surface area contributed by atoms with Crippen molar-refractivity contribution in [3.8, 4) is 0 Å². The molecule has 2 unspecified atom stereocenters. The van der Waals surface area contributed by atoms with Gasteiger partial charge in [-0.2, -0.15) is 4.99 Å². The zero-order chi connectivity index (χ0) is 20.8. The minimum absolute atomic E-state index is 0.0858. The van der Waals surface area contributed by atoms with Crippen molar-refractivity contribution in [1.29, 1.82) is 0 Å². The highest BCUT2D eigenvalue weighted by molar-refractivity contribution is 8.16. The Morgan fingerprint density at radius 2 is 1.90 bits per heavy atom. The fraction of sp³-hybridized carbons (Fsp3) is 0.333. The molecule has 4 rings (SSSR count). The molecule has 152 valence electrons. The van der Waals surface area contributed by atoms with E-state index in [0.717, 1.165) is 22.4 Å². The molecule has 0 spiro atoms. The molecule has 2 heterocycles. The SMILES string of the molecule is Cc1cccc(N2C(=NC(=O)Cc3ccc(Cl)cc3)SC3CS(=O)(=O)CC32)c1C. The molecule has 5 nitrogen and oxygen atoms in total. The number of aliphatic imine (C=N–C) groups is 1. The van der Waals surface area contributed by atoms with Crippen molar-refractivity contribution in [2.24, 2.45) is 4.99 Å². The van der Waals surface area contributed by atoms with Crippen molar-refractivity contribution >= 4 is 50.0 Å². The maximum atomic E-state index is 12.7. The fourth-order valence-corrected chi connectivity index (χ4v) is 7.82. The van der Waals surface area contributed by atoms with Crippen LogP contribution in [0.1, 0.15) is 16.7 Å². The zero-order valence-corrected chi connectivity index (χ0v) is 18.5. The van der Waals surface area contributed by atoms with Gasteiger partial charge >= 0.3 is 0 Å². The number of nitrogens with zero attached hydrogens (tertiary/aromatic N) is 2. The van der Waals surface area contributed by atoms with Crippen molar-refractivity contribution in [2.45, 2.75) is 31.6 Å². The van der Waals surface area contributed by atoms with Gasteiger partial charge in [-0.05, 0) is 48.7 Å². The minimum atomic E-state index is -3.09. The van der Waals surface area contributed by atoms with Crippen LogP contribution in [0.4, 0.5) is 5.69 Å². The quantitative estimate of drug-likeness (QED) is 0.714. The summed E-state index contributed by atoms with van der Waals surface area (Å²) in [6.45, 7) is 4.03. The minimum Gasteiger partial charge on any atom is -0.315 e. The summed E-state index contributed by atoms with van der Waals surface area (Å²) in [5.41, 5.74) is 3.94. The molecule has 0 aromatic heterocycles. The Balaban J connectivity index is 1.67. The molecule has 2 fully saturated rings. The summed E-state index contributed by atoms with van der Waals surface area (Å²) >= 11 is 7.30. The van der Waals surface area contributed by atoms with Crippen LogP contribution in [0.15, 0.2) is 47.5 Å². The number of hydrogen-bond donors (Lipinski definition) is 0. The highest BCUT2D eigenvalue weighted by Crippen LogP contribution is 2.42. The monoisotopic (exact) mass is 448 g/mol. The molecule has 2 aliphatic rings. The summed E-state index contributed by atoms with van der Waals surface area (Å²) in [5.74, 6) is -0.0516. The maximum absolute atomic E-state index is 12.7. The molecule has 0 saturated carbocycles. The number of rotatable bonds is 3. The van der Waals surface area contributed by atoms with Crippen LogP contribution in [0.25, 0.3) is 0 Å². The summed E-state index contributed by atoms with van der Waals surface area (Å²) in [6, 6.07) is 12.9. The van der Waals surface area contributed by atoms with Gasteiger partial charge in [0.15, 0.2) is 15.0 Å². The van der Waals surface area contributed by atoms with E-state index in [9.17, 15) is 13.2 Å². The zero-order valence-electron chi connectivity index (χ0n) is 16.1. The first-order chi connectivity index (χ1) is 13.7. The van der Waals surface area contributed by atoms with Crippen LogP contribution in [0.5, 0.6) is 0 Å². The van der Waals surface area contributed by atoms with Gasteiger partial charge in [0.1, 0.15) is 0 Å². The van der Waals surface area contributed by atoms with Crippen LogP contribution in [0.3, 0.4) is 0 Å². The number of thioether (sulfide) groups is 1. The van der Waals surface area contributed by atoms with Gasteiger partial charge in [0.25, 0.3) is 5.91 Å². The highest BCUT2D eigenvalue weighted by Gasteiger charge is 2.49. The van der Waals surface area contributed by atoms with Gasteiger partial charge in [-0.15, -0.1) is 0 Å². The summed E-state index contributed by atoms with van der Waals surface area (Å²) in [7, 11) is -3.09. The van der Waals surface area contributed by atoms with E-state index < -0.39 is 9.84 Å². The number of benzene rings is 2. The molecule has 2 atom stereocenters. The molecule has 2 aliphatic heterocycles. The van der Waals surface area contributed by atoms with Crippen molar-refractivity contribution in [1.82, 2.24) is 0 Å². The van der Waals surface area contributed by atoms with Crippen LogP contribution in [0, 0.1) is 13.8 Å². The maximum Gasteiger partial charge on any atom is 0.252 e. The number of anilines is 1. The lowest BCUT2D eigenvalue weighted by atomic mass is 10.1. The Morgan fingerprint density at radius 3 is 2.62 bits per heavy atom. The van der Waals surface area contributed by atoms with Gasteiger partial charge in [0.05, 0.1) is 24.0 Å². The van der Waals surface area contributed by atoms with Gasteiger partial charge in [-0.1, -0.05) is 47.6 Å². The summed E-state index contributed by atoms with van der Waals surface area (Å²) < 4.78 is 24.4. The molecular weight excluding hydrogens is 428 g/mol. The normalized spacial score (nSPS) is 24.1. The van der Waals surface area contributed by atoms with E-state index in [4.69, 9.17) is 11.6 Å². The first-order valence-corrected chi connectivity index (χ1v) is 12.4. The van der Waals surface area contributed by atoms with Crippen LogP contribution >= 0.6 is 23.4 Å². The van der Waals surface area contributed by atoms with Crippen LogP contribution in [-0.2, 0) is 21.1 Å². The van der Waals surface area contributed by atoms with Gasteiger partial charge in [-0.3, -0.25) is 4.79 Å². The Morgan fingerprint density at radius 1 is 1.17 bits per heavy atom. The number of hydrogen-bond acceptors (Lipinski definition) is 4. The number of fused-ring (bicyclic) bond motifs is 1. The third-order valence-corrected chi connectivity index (χ3v) is 8.85. The lowest BCUT2D eigenvalue weighted by Crippen LogP contribution is -2.38. The largest absolute Gasteiger partial charge is 0.315 e. The van der Waals surface area contributed by atoms with E-state index in [2.05, 4.69) is 4.99 Å². The Kier molecular flexibility index (Phi) is 5.48. The van der Waals surface area contributed by atoms with Crippen molar-refractivity contribution < 1.29 is 13.2 Å². The standard InChI is InChI=1S/C21H21ClN2O3S2/c1-13-4-3-5-17(14(13)2)24-18-11-29(26,27)12-19(18)28-21(24)23-20(25)10-15-6-8-16(22)9-7-15/h3-9,18-19H,10-12H2,1-2H3. The molecule has 1 amide bonds. The van der Waals surface area contributed by atoms with E-state index in [1.807, 2.05) is 49.1 Å². The summed E-state index contributed by atoms with van der Waals surface area (Å²) in [6.07, 6.45) is 0.176. The van der Waals surface area contributed by atoms with Gasteiger partial charge in [-0.25, -0.2) is 8.42 Å². The average Bonchev–Trinajstić information content (AvgIpc) is 3.10. The van der Waals surface area contributed by atoms with Gasteiger partial charge in [0, 0.05) is 16.0 Å². The fourth-order valence-electron chi connectivity index (χ4n) is 3.77. The first-order valence-electron chi connectivity index (χ1n) is 9.32. The molecule has 29 heavy (non-hydrogen) atoms. The van der Waals surface area contributed by atoms with Crippen LogP contribution < -0.4 is 4.90 Å². The number of carbonyl (C=O) groups excluding carboxylic acids is 1. The average molecular weight is 449 g/mol. The first kappa shape index (κ1) is 20.4. The number of amidine groups is 1. The summed E-state index contributed by atoms with van der Waals surface area (Å²) in [4.78, 5) is 19.0. The lowest BCUT2D eigenvalue weighted by molar-refractivity contribution is -0.117. The van der Waals surface area contributed by atoms with Crippen molar-refractivity contribution in [3.63, 3.8) is 0 Å². The second-order valence-corrected chi connectivity index (χ2v) is 11.3. The second-order valence-electron chi connectivity index (χ2n) is 7.48. The molecule has 0 aliphatic carbocycles. The lowest BCUT2D eigenvalue weighted by Gasteiger charge is -2.26. The predicted molar refractivity (Wildman–Crippen MR) is 120 cm³/mol. The topological polar surface area (TPSA) is 66.8 Å². The number of halogens is 1. The molecule has 2 aromatic carbocycles. The van der Waals surface area contributed by atoms with Crippen molar-refractivity contribution in [3.05, 3.63) is 64.2 Å². The predicted octanol–water partition coefficient (Wildman–Crippen LogP) is 3.80.